The van der Waals surface area contributed by atoms with Gasteiger partial charge in [0, 0.05) is 70.6 Å². The molecule has 5 heterocycles. The molecule has 0 bridgehead atoms. The SMILES string of the molecule is CC(=O)O.Cn1cnnc1CC1(c2cc(NCCC#N)nc(N3Cc4c(cc(CN5CCN(C6=CCCC=C6O)CC5)cc4C(F)(F)F)C3=O)c2)COC1. The molecule has 3 aliphatic heterocycles. The van der Waals surface area contributed by atoms with Crippen LogP contribution < -0.4 is 10.2 Å². The summed E-state index contributed by atoms with van der Waals surface area (Å²) in [7, 11) is 1.85. The van der Waals surface area contributed by atoms with E-state index in [-0.39, 0.29) is 42.2 Å². The van der Waals surface area contributed by atoms with Crippen LogP contribution >= 0.6 is 0 Å². The number of aromatic nitrogens is 4. The predicted molar refractivity (Wildman–Crippen MR) is 190 cm³/mol. The van der Waals surface area contributed by atoms with Crippen LogP contribution in [-0.2, 0) is 47.7 Å². The van der Waals surface area contributed by atoms with Crippen LogP contribution in [0.5, 0.6) is 0 Å². The average molecular weight is 750 g/mol. The van der Waals surface area contributed by atoms with Crippen molar-refractivity contribution in [3.05, 3.63) is 87.8 Å². The van der Waals surface area contributed by atoms with Crippen molar-refractivity contribution in [3.63, 3.8) is 0 Å². The Bertz CT molecular complexity index is 1990. The van der Waals surface area contributed by atoms with Crippen molar-refractivity contribution in [2.24, 2.45) is 7.05 Å². The van der Waals surface area contributed by atoms with Crippen LogP contribution in [0.25, 0.3) is 0 Å². The number of carboxylic acid groups (broad SMARTS) is 1. The van der Waals surface area contributed by atoms with Crippen LogP contribution in [0.15, 0.2) is 54.2 Å². The van der Waals surface area contributed by atoms with Gasteiger partial charge in [0.1, 0.15) is 29.5 Å². The number of aliphatic hydroxyl groups excluding tert-OH is 1. The number of aryl methyl sites for hydroxylation is 1. The van der Waals surface area contributed by atoms with E-state index in [1.807, 2.05) is 29.8 Å². The first-order chi connectivity index (χ1) is 25.8. The molecule has 3 aromatic rings. The topological polar surface area (TPSA) is 173 Å². The molecule has 286 valence electrons. The van der Waals surface area contributed by atoms with E-state index < -0.39 is 29.0 Å². The molecule has 14 nitrogen and oxygen atoms in total. The molecule has 0 unspecified atom stereocenters. The van der Waals surface area contributed by atoms with Gasteiger partial charge in [0.05, 0.1) is 43.5 Å². The van der Waals surface area contributed by atoms with E-state index in [2.05, 4.69) is 36.4 Å². The smallest absolute Gasteiger partial charge is 0.416 e. The highest BCUT2D eigenvalue weighted by Crippen LogP contribution is 2.42. The lowest BCUT2D eigenvalue weighted by molar-refractivity contribution is -0.138. The number of benzene rings is 1. The Morgan fingerprint density at radius 1 is 1.11 bits per heavy atom. The molecule has 54 heavy (non-hydrogen) atoms. The molecular formula is C37H42F3N9O5. The number of fused-ring (bicyclic) bond motifs is 1. The molecule has 0 saturated carbocycles. The molecule has 2 fully saturated rings. The highest BCUT2D eigenvalue weighted by atomic mass is 19.4. The van der Waals surface area contributed by atoms with Gasteiger partial charge in [-0.25, -0.2) is 4.98 Å². The fourth-order valence-corrected chi connectivity index (χ4v) is 7.13. The molecule has 3 N–H and O–H groups in total. The van der Waals surface area contributed by atoms with Gasteiger partial charge in [-0.2, -0.15) is 18.4 Å². The predicted octanol–water partition coefficient (Wildman–Crippen LogP) is 4.55. The lowest BCUT2D eigenvalue weighted by atomic mass is 9.75. The maximum absolute atomic E-state index is 14.6. The Labute approximate surface area is 310 Å². The van der Waals surface area contributed by atoms with Crippen LogP contribution in [0.4, 0.5) is 24.8 Å². The second-order valence-electron chi connectivity index (χ2n) is 13.8. The standard InChI is InChI=1S/C35H38F3N9O3.C2H4O2/c1-44-22-41-43-32(44)17-34(20-50-21-34)24-15-30(40-8-4-7-39)42-31(16-24)47-19-26-25(33(47)49)13-23(14-27(26)35(36,37)38)18-45-9-11-46(12-10-45)28-5-2-3-6-29(28)48;1-2(3)4/h5-6,13-16,22,48H,2-4,8-12,17-21H2,1H3,(H,40,42);1H3,(H,3,4). The van der Waals surface area contributed by atoms with Crippen molar-refractivity contribution < 1.29 is 37.7 Å². The Morgan fingerprint density at radius 2 is 1.83 bits per heavy atom. The third-order valence-corrected chi connectivity index (χ3v) is 9.93. The van der Waals surface area contributed by atoms with Gasteiger partial charge in [0.25, 0.3) is 11.9 Å². The van der Waals surface area contributed by atoms with Gasteiger partial charge in [0.15, 0.2) is 0 Å². The van der Waals surface area contributed by atoms with Crippen LogP contribution in [0.3, 0.4) is 0 Å². The van der Waals surface area contributed by atoms with Gasteiger partial charge < -0.3 is 29.7 Å². The van der Waals surface area contributed by atoms with Crippen molar-refractivity contribution in [3.8, 4) is 6.07 Å². The minimum absolute atomic E-state index is 0.0165. The fraction of sp³-hybridized carbons (Fsp3) is 0.459. The Morgan fingerprint density at radius 3 is 2.44 bits per heavy atom. The number of anilines is 2. The summed E-state index contributed by atoms with van der Waals surface area (Å²) in [5.74, 6) is 0.244. The number of hydrogen-bond acceptors (Lipinski definition) is 11. The maximum atomic E-state index is 14.6. The number of carboxylic acids is 1. The number of pyridine rings is 1. The molecular weight excluding hydrogens is 707 g/mol. The number of carbonyl (C=O) groups is 2. The number of halogens is 3. The van der Waals surface area contributed by atoms with Gasteiger partial charge in [-0.3, -0.25) is 19.4 Å². The van der Waals surface area contributed by atoms with Gasteiger partial charge in [0.2, 0.25) is 0 Å². The average Bonchev–Trinajstić information content (AvgIpc) is 3.67. The van der Waals surface area contributed by atoms with Crippen molar-refractivity contribution in [1.29, 1.82) is 5.26 Å². The number of hydrogen-bond donors (Lipinski definition) is 3. The van der Waals surface area contributed by atoms with Crippen LogP contribution in [0.2, 0.25) is 0 Å². The largest absolute Gasteiger partial charge is 0.506 e. The zero-order valence-electron chi connectivity index (χ0n) is 30.1. The maximum Gasteiger partial charge on any atom is 0.416 e. The summed E-state index contributed by atoms with van der Waals surface area (Å²) in [5, 5.41) is 38.2. The third-order valence-electron chi connectivity index (χ3n) is 9.93. The molecule has 0 radical (unpaired) electrons. The van der Waals surface area contributed by atoms with Crippen LogP contribution in [0, 0.1) is 11.3 Å². The zero-order valence-corrected chi connectivity index (χ0v) is 30.1. The van der Waals surface area contributed by atoms with Gasteiger partial charge >= 0.3 is 6.18 Å². The molecule has 0 atom stereocenters. The zero-order chi connectivity index (χ0) is 38.6. The first-order valence-corrected chi connectivity index (χ1v) is 17.6. The minimum atomic E-state index is -4.67. The van der Waals surface area contributed by atoms with Gasteiger partial charge in [-0.05, 0) is 59.9 Å². The number of allylic oxidation sites excluding steroid dienone is 2. The molecule has 2 saturated heterocycles. The van der Waals surface area contributed by atoms with Crippen molar-refractivity contribution in [2.75, 3.05) is 56.2 Å². The van der Waals surface area contributed by atoms with Crippen molar-refractivity contribution in [1.82, 2.24) is 29.5 Å². The second kappa shape index (κ2) is 15.9. The molecule has 1 amide bonds. The van der Waals surface area contributed by atoms with E-state index in [4.69, 9.17) is 19.9 Å². The molecule has 1 aromatic carbocycles. The molecule has 7 rings (SSSR count). The number of aliphatic carboxylic acids is 1. The highest BCUT2D eigenvalue weighted by Gasteiger charge is 2.44. The first-order valence-electron chi connectivity index (χ1n) is 17.6. The summed E-state index contributed by atoms with van der Waals surface area (Å²) < 4.78 is 51.3. The summed E-state index contributed by atoms with van der Waals surface area (Å²) in [6, 6.07) is 8.43. The van der Waals surface area contributed by atoms with Crippen LogP contribution in [0.1, 0.15) is 64.6 Å². The van der Waals surface area contributed by atoms with Crippen molar-refractivity contribution in [2.45, 2.75) is 57.3 Å². The number of alkyl halides is 3. The normalized spacial score (nSPS) is 18.1. The van der Waals surface area contributed by atoms with E-state index in [0.717, 1.165) is 36.9 Å². The second-order valence-corrected chi connectivity index (χ2v) is 13.8. The number of rotatable bonds is 10. The van der Waals surface area contributed by atoms with Crippen LogP contribution in [-0.4, -0.2) is 97.6 Å². The molecule has 0 spiro atoms. The molecule has 4 aliphatic rings. The van der Waals surface area contributed by atoms with E-state index >= 15 is 0 Å². The lowest BCUT2D eigenvalue weighted by Gasteiger charge is -2.42. The van der Waals surface area contributed by atoms with Crippen molar-refractivity contribution >= 4 is 23.5 Å². The van der Waals surface area contributed by atoms with E-state index in [1.165, 1.54) is 11.0 Å². The first kappa shape index (κ1) is 38.3. The number of piperazine rings is 1. The summed E-state index contributed by atoms with van der Waals surface area (Å²) in [4.78, 5) is 33.2. The third kappa shape index (κ3) is 8.34. The van der Waals surface area contributed by atoms with Gasteiger partial charge in [-0.1, -0.05) is 6.08 Å². The van der Waals surface area contributed by atoms with E-state index in [1.54, 1.807) is 18.5 Å². The Kier molecular flexibility index (Phi) is 11.2. The number of nitrogens with zero attached hydrogens (tertiary/aromatic N) is 8. The monoisotopic (exact) mass is 749 g/mol. The number of carbonyl (C=O) groups excluding carboxylic acids is 1. The molecule has 2 aromatic heterocycles. The minimum Gasteiger partial charge on any atom is -0.506 e. The fourth-order valence-electron chi connectivity index (χ4n) is 7.13. The lowest BCUT2D eigenvalue weighted by Crippen LogP contribution is -2.49. The molecule has 17 heteroatoms. The Hall–Kier alpha value is -5.47. The summed E-state index contributed by atoms with van der Waals surface area (Å²) in [6.07, 6.45) is 3.13. The number of amides is 1. The number of nitriles is 1. The highest BCUT2D eigenvalue weighted by molar-refractivity contribution is 6.10. The van der Waals surface area contributed by atoms with E-state index in [0.29, 0.717) is 63.7 Å². The molecule has 1 aliphatic carbocycles. The summed E-state index contributed by atoms with van der Waals surface area (Å²) in [6.45, 7) is 4.56. The number of aliphatic hydroxyl groups is 1. The summed E-state index contributed by atoms with van der Waals surface area (Å²) >= 11 is 0. The summed E-state index contributed by atoms with van der Waals surface area (Å²) in [5.41, 5.74) is 0.618. The quantitative estimate of drug-likeness (QED) is 0.247. The Balaban J connectivity index is 0.00000119. The number of ether oxygens (including phenoxy) is 1. The number of nitrogens with one attached hydrogen (secondary N) is 1. The van der Waals surface area contributed by atoms with Gasteiger partial charge in [-0.15, -0.1) is 10.2 Å². The van der Waals surface area contributed by atoms with E-state index in [9.17, 15) is 23.1 Å².